The molecule has 20 heavy (non-hydrogen) atoms. The van der Waals surface area contributed by atoms with Gasteiger partial charge in [0.25, 0.3) is 11.8 Å². The summed E-state index contributed by atoms with van der Waals surface area (Å²) < 4.78 is 2.71. The zero-order chi connectivity index (χ0) is 14.3. The molecule has 1 aliphatic heterocycles. The number of fused-ring (bicyclic) bond motifs is 1. The highest BCUT2D eigenvalue weighted by Gasteiger charge is 2.35. The topological polar surface area (TPSA) is 55.2 Å². The van der Waals surface area contributed by atoms with Crippen molar-refractivity contribution in [3.8, 4) is 0 Å². The molecule has 3 rings (SSSR count). The van der Waals surface area contributed by atoms with Gasteiger partial charge in [-0.3, -0.25) is 19.2 Å². The first-order chi connectivity index (χ1) is 9.58. The van der Waals surface area contributed by atoms with Gasteiger partial charge in [-0.1, -0.05) is 0 Å². The van der Waals surface area contributed by atoms with Crippen molar-refractivity contribution in [2.75, 3.05) is 6.54 Å². The molecule has 2 amide bonds. The lowest BCUT2D eigenvalue weighted by atomic mass is 10.1. The summed E-state index contributed by atoms with van der Waals surface area (Å²) in [5.74, 6) is -0.408. The number of hydrogen-bond acceptors (Lipinski definition) is 3. The van der Waals surface area contributed by atoms with E-state index >= 15 is 0 Å². The van der Waals surface area contributed by atoms with Crippen LogP contribution < -0.4 is 0 Å². The first-order valence-corrected chi connectivity index (χ1v) is 7.28. The summed E-state index contributed by atoms with van der Waals surface area (Å²) in [5.41, 5.74) is 2.00. The minimum atomic E-state index is -0.205. The number of carbonyl (C=O) groups is 2. The van der Waals surface area contributed by atoms with Crippen molar-refractivity contribution in [3.05, 3.63) is 50.9 Å². The first-order valence-electron chi connectivity index (χ1n) is 6.20. The third kappa shape index (κ3) is 2.13. The van der Waals surface area contributed by atoms with Gasteiger partial charge in [0, 0.05) is 35.5 Å². The second-order valence-corrected chi connectivity index (χ2v) is 5.89. The summed E-state index contributed by atoms with van der Waals surface area (Å²) in [6.07, 6.45) is 2.32. The van der Waals surface area contributed by atoms with E-state index in [-0.39, 0.29) is 11.8 Å². The van der Waals surface area contributed by atoms with E-state index in [1.54, 1.807) is 23.0 Å². The molecule has 0 aliphatic carbocycles. The third-order valence-electron chi connectivity index (χ3n) is 3.45. The number of benzene rings is 1. The largest absolute Gasteiger partial charge is 0.274 e. The van der Waals surface area contributed by atoms with E-state index in [0.717, 1.165) is 9.26 Å². The number of carbonyl (C=O) groups excluding carboxylic acids is 2. The quantitative estimate of drug-likeness (QED) is 0.603. The highest BCUT2D eigenvalue weighted by molar-refractivity contribution is 14.1. The van der Waals surface area contributed by atoms with Gasteiger partial charge in [-0.05, 0) is 46.9 Å². The SMILES string of the molecule is Cn1nccc1CCN1C(=O)c2ccc(I)cc2C1=O. The van der Waals surface area contributed by atoms with Gasteiger partial charge in [-0.15, -0.1) is 0 Å². The van der Waals surface area contributed by atoms with Crippen LogP contribution in [0, 0.1) is 3.57 Å². The van der Waals surface area contributed by atoms with Gasteiger partial charge in [0.15, 0.2) is 0 Å². The first kappa shape index (κ1) is 13.3. The van der Waals surface area contributed by atoms with Crippen molar-refractivity contribution >= 4 is 34.4 Å². The Balaban J connectivity index is 1.81. The number of aromatic nitrogens is 2. The van der Waals surface area contributed by atoms with E-state index in [4.69, 9.17) is 0 Å². The Labute approximate surface area is 129 Å². The van der Waals surface area contributed by atoms with Gasteiger partial charge in [-0.25, -0.2) is 0 Å². The van der Waals surface area contributed by atoms with Crippen molar-refractivity contribution in [2.45, 2.75) is 6.42 Å². The number of nitrogens with zero attached hydrogens (tertiary/aromatic N) is 3. The van der Waals surface area contributed by atoms with Crippen LogP contribution in [0.15, 0.2) is 30.5 Å². The summed E-state index contributed by atoms with van der Waals surface area (Å²) in [6, 6.07) is 7.22. The molecule has 102 valence electrons. The Bertz CT molecular complexity index is 708. The van der Waals surface area contributed by atoms with Gasteiger partial charge in [-0.2, -0.15) is 5.10 Å². The zero-order valence-corrected chi connectivity index (χ0v) is 13.0. The van der Waals surface area contributed by atoms with Crippen molar-refractivity contribution in [1.82, 2.24) is 14.7 Å². The van der Waals surface area contributed by atoms with Gasteiger partial charge in [0.05, 0.1) is 11.1 Å². The number of halogens is 1. The lowest BCUT2D eigenvalue weighted by Gasteiger charge is -2.13. The van der Waals surface area contributed by atoms with Crippen molar-refractivity contribution < 1.29 is 9.59 Å². The molecule has 0 bridgehead atoms. The van der Waals surface area contributed by atoms with Crippen LogP contribution >= 0.6 is 22.6 Å². The molecule has 0 saturated heterocycles. The Kier molecular flexibility index (Phi) is 3.33. The van der Waals surface area contributed by atoms with E-state index in [2.05, 4.69) is 27.7 Å². The minimum absolute atomic E-state index is 0.203. The van der Waals surface area contributed by atoms with Crippen LogP contribution in [0.3, 0.4) is 0 Å². The van der Waals surface area contributed by atoms with Crippen LogP contribution in [0.2, 0.25) is 0 Å². The lowest BCUT2D eigenvalue weighted by Crippen LogP contribution is -2.32. The predicted molar refractivity (Wildman–Crippen MR) is 81.4 cm³/mol. The summed E-state index contributed by atoms with van der Waals surface area (Å²) >= 11 is 2.14. The van der Waals surface area contributed by atoms with Crippen LogP contribution in [0.4, 0.5) is 0 Å². The smallest absolute Gasteiger partial charge is 0.261 e. The molecule has 2 heterocycles. The Morgan fingerprint density at radius 2 is 1.90 bits per heavy atom. The van der Waals surface area contributed by atoms with E-state index in [0.29, 0.717) is 24.1 Å². The Morgan fingerprint density at radius 1 is 1.15 bits per heavy atom. The molecular formula is C14H12IN3O2. The normalized spacial score (nSPS) is 14.0. The summed E-state index contributed by atoms with van der Waals surface area (Å²) in [4.78, 5) is 25.8. The van der Waals surface area contributed by atoms with Crippen LogP contribution in [0.5, 0.6) is 0 Å². The van der Waals surface area contributed by atoms with Gasteiger partial charge in [0.1, 0.15) is 0 Å². The second kappa shape index (κ2) is 5.01. The molecule has 0 fully saturated rings. The molecule has 2 aromatic rings. The van der Waals surface area contributed by atoms with Crippen LogP contribution in [0.25, 0.3) is 0 Å². The number of aryl methyl sites for hydroxylation is 1. The number of amides is 2. The summed E-state index contributed by atoms with van der Waals surface area (Å²) in [7, 11) is 1.85. The van der Waals surface area contributed by atoms with Gasteiger partial charge in [0.2, 0.25) is 0 Å². The molecule has 0 saturated carbocycles. The number of rotatable bonds is 3. The number of hydrogen-bond donors (Lipinski definition) is 0. The average Bonchev–Trinajstić information content (AvgIpc) is 2.92. The molecule has 0 spiro atoms. The maximum absolute atomic E-state index is 12.3. The Morgan fingerprint density at radius 3 is 2.60 bits per heavy atom. The highest BCUT2D eigenvalue weighted by Crippen LogP contribution is 2.24. The lowest BCUT2D eigenvalue weighted by molar-refractivity contribution is 0.0655. The molecular weight excluding hydrogens is 369 g/mol. The zero-order valence-electron chi connectivity index (χ0n) is 10.8. The maximum atomic E-state index is 12.3. The molecule has 1 aromatic carbocycles. The van der Waals surface area contributed by atoms with E-state index < -0.39 is 0 Å². The predicted octanol–water partition coefficient (Wildman–Crippen LogP) is 1.86. The molecule has 6 heteroatoms. The van der Waals surface area contributed by atoms with Crippen LogP contribution in [-0.4, -0.2) is 33.0 Å². The average molecular weight is 381 g/mol. The fraction of sp³-hybridized carbons (Fsp3) is 0.214. The minimum Gasteiger partial charge on any atom is -0.274 e. The van der Waals surface area contributed by atoms with Crippen molar-refractivity contribution in [3.63, 3.8) is 0 Å². The Hall–Kier alpha value is -1.70. The monoisotopic (exact) mass is 381 g/mol. The standard InChI is InChI=1S/C14H12IN3O2/c1-17-10(4-6-16-17)5-7-18-13(19)11-3-2-9(15)8-12(11)14(18)20/h2-4,6,8H,5,7H2,1H3. The summed E-state index contributed by atoms with van der Waals surface area (Å²) in [6.45, 7) is 0.377. The molecule has 0 unspecified atom stereocenters. The van der Waals surface area contributed by atoms with Crippen molar-refractivity contribution in [1.29, 1.82) is 0 Å². The molecule has 5 nitrogen and oxygen atoms in total. The van der Waals surface area contributed by atoms with Gasteiger partial charge >= 0.3 is 0 Å². The molecule has 1 aromatic heterocycles. The van der Waals surface area contributed by atoms with Crippen molar-refractivity contribution in [2.24, 2.45) is 7.05 Å². The third-order valence-corrected chi connectivity index (χ3v) is 4.12. The summed E-state index contributed by atoms with van der Waals surface area (Å²) in [5, 5.41) is 4.08. The van der Waals surface area contributed by atoms with E-state index in [1.165, 1.54) is 4.90 Å². The number of imide groups is 1. The second-order valence-electron chi connectivity index (χ2n) is 4.65. The highest BCUT2D eigenvalue weighted by atomic mass is 127. The van der Waals surface area contributed by atoms with E-state index in [9.17, 15) is 9.59 Å². The maximum Gasteiger partial charge on any atom is 0.261 e. The molecule has 0 atom stereocenters. The van der Waals surface area contributed by atoms with Gasteiger partial charge < -0.3 is 0 Å². The fourth-order valence-electron chi connectivity index (χ4n) is 2.34. The van der Waals surface area contributed by atoms with Crippen LogP contribution in [0.1, 0.15) is 26.4 Å². The fourth-order valence-corrected chi connectivity index (χ4v) is 2.83. The van der Waals surface area contributed by atoms with Crippen LogP contribution in [-0.2, 0) is 13.5 Å². The molecule has 1 aliphatic rings. The molecule has 0 N–H and O–H groups in total. The molecule has 0 radical (unpaired) electrons. The van der Waals surface area contributed by atoms with E-state index in [1.807, 2.05) is 19.2 Å².